The van der Waals surface area contributed by atoms with Crippen molar-refractivity contribution in [2.75, 3.05) is 7.05 Å². The fourth-order valence-corrected chi connectivity index (χ4v) is 3.12. The molecule has 18 heavy (non-hydrogen) atoms. The highest BCUT2D eigenvalue weighted by Gasteiger charge is 2.18. The molecular weight excluding hydrogens is 242 g/mol. The fourth-order valence-electron chi connectivity index (χ4n) is 2.10. The predicted molar refractivity (Wildman–Crippen MR) is 79.5 cm³/mol. The molecule has 1 aromatic heterocycles. The Morgan fingerprint density at radius 2 is 2.28 bits per heavy atom. The summed E-state index contributed by atoms with van der Waals surface area (Å²) in [6, 6.07) is 5.45. The second-order valence-electron chi connectivity index (χ2n) is 5.11. The minimum absolute atomic E-state index is 0.411. The normalized spacial score (nSPS) is 18.3. The maximum atomic E-state index is 4.29. The Kier molecular flexibility index (Phi) is 4.64. The largest absolute Gasteiger partial charge is 0.354 e. The average Bonchev–Trinajstić information content (AvgIpc) is 2.67. The van der Waals surface area contributed by atoms with Crippen LogP contribution in [0, 0.1) is 6.92 Å². The van der Waals surface area contributed by atoms with Gasteiger partial charge in [-0.15, -0.1) is 11.3 Å². The Morgan fingerprint density at radius 3 is 2.78 bits per heavy atom. The highest BCUT2D eigenvalue weighted by atomic mass is 32.1. The minimum atomic E-state index is 0.411. The van der Waals surface area contributed by atoms with E-state index < -0.39 is 0 Å². The summed E-state index contributed by atoms with van der Waals surface area (Å²) >= 11 is 1.88. The lowest BCUT2D eigenvalue weighted by atomic mass is 9.93. The van der Waals surface area contributed by atoms with Crippen LogP contribution in [-0.4, -0.2) is 25.1 Å². The topological polar surface area (TPSA) is 36.4 Å². The van der Waals surface area contributed by atoms with Crippen molar-refractivity contribution in [3.05, 3.63) is 21.9 Å². The Bertz CT molecular complexity index is 407. The Morgan fingerprint density at radius 1 is 1.50 bits per heavy atom. The van der Waals surface area contributed by atoms with E-state index in [2.05, 4.69) is 41.6 Å². The molecule has 0 saturated heterocycles. The molecule has 0 aromatic carbocycles. The Labute approximate surface area is 114 Å². The first-order chi connectivity index (χ1) is 8.67. The second-order valence-corrected chi connectivity index (χ2v) is 6.48. The van der Waals surface area contributed by atoms with E-state index in [0.29, 0.717) is 12.1 Å². The van der Waals surface area contributed by atoms with Crippen LogP contribution in [0.4, 0.5) is 0 Å². The molecule has 0 aliphatic heterocycles. The van der Waals surface area contributed by atoms with Gasteiger partial charge in [0.15, 0.2) is 5.96 Å². The number of guanidine groups is 1. The number of rotatable bonds is 4. The van der Waals surface area contributed by atoms with Crippen LogP contribution in [0.3, 0.4) is 0 Å². The molecule has 0 spiro atoms. The van der Waals surface area contributed by atoms with E-state index in [1.54, 1.807) is 0 Å². The predicted octanol–water partition coefficient (Wildman–Crippen LogP) is 2.71. The zero-order valence-electron chi connectivity index (χ0n) is 11.5. The van der Waals surface area contributed by atoms with E-state index >= 15 is 0 Å². The lowest BCUT2D eigenvalue weighted by Gasteiger charge is -2.29. The van der Waals surface area contributed by atoms with Crippen molar-refractivity contribution in [1.82, 2.24) is 10.6 Å². The molecule has 100 valence electrons. The van der Waals surface area contributed by atoms with Crippen molar-refractivity contribution in [2.45, 2.75) is 51.6 Å². The quantitative estimate of drug-likeness (QED) is 0.649. The van der Waals surface area contributed by atoms with E-state index in [-0.39, 0.29) is 0 Å². The van der Waals surface area contributed by atoms with E-state index in [1.807, 2.05) is 18.4 Å². The average molecular weight is 265 g/mol. The van der Waals surface area contributed by atoms with Gasteiger partial charge in [-0.3, -0.25) is 4.99 Å². The summed E-state index contributed by atoms with van der Waals surface area (Å²) in [6.45, 7) is 4.37. The maximum Gasteiger partial charge on any atom is 0.191 e. The van der Waals surface area contributed by atoms with Gasteiger partial charge >= 0.3 is 0 Å². The molecule has 1 aromatic rings. The first-order valence-electron chi connectivity index (χ1n) is 6.72. The molecule has 0 bridgehead atoms. The SMILES string of the molecule is CN=C(NC(C)Cc1ccc(C)s1)NC1CCC1. The molecule has 1 aliphatic rings. The first kappa shape index (κ1) is 13.4. The van der Waals surface area contributed by atoms with Crippen LogP contribution in [0.5, 0.6) is 0 Å². The van der Waals surface area contributed by atoms with Gasteiger partial charge in [-0.25, -0.2) is 0 Å². The zero-order chi connectivity index (χ0) is 13.0. The molecule has 1 heterocycles. The summed E-state index contributed by atoms with van der Waals surface area (Å²) in [7, 11) is 1.84. The molecule has 1 saturated carbocycles. The van der Waals surface area contributed by atoms with E-state index in [0.717, 1.165) is 12.4 Å². The number of nitrogens with one attached hydrogen (secondary N) is 2. The standard InChI is InChI=1S/C14H23N3S/c1-10(9-13-8-7-11(2)18-13)16-14(15-3)17-12-5-4-6-12/h7-8,10,12H,4-6,9H2,1-3H3,(H2,15,16,17). The van der Waals surface area contributed by atoms with Crippen LogP contribution >= 0.6 is 11.3 Å². The van der Waals surface area contributed by atoms with Crippen molar-refractivity contribution in [3.8, 4) is 0 Å². The summed E-state index contributed by atoms with van der Waals surface area (Å²) in [6.07, 6.45) is 4.96. The first-order valence-corrected chi connectivity index (χ1v) is 7.54. The highest BCUT2D eigenvalue weighted by Crippen LogP contribution is 2.18. The Hall–Kier alpha value is -1.03. The van der Waals surface area contributed by atoms with Gasteiger partial charge in [0.1, 0.15) is 0 Å². The molecule has 0 radical (unpaired) electrons. The third kappa shape index (κ3) is 3.73. The van der Waals surface area contributed by atoms with Crippen LogP contribution < -0.4 is 10.6 Å². The molecular formula is C14H23N3S. The van der Waals surface area contributed by atoms with Gasteiger partial charge in [0.05, 0.1) is 0 Å². The summed E-state index contributed by atoms with van der Waals surface area (Å²) in [4.78, 5) is 7.11. The van der Waals surface area contributed by atoms with Crippen molar-refractivity contribution >= 4 is 17.3 Å². The number of hydrogen-bond donors (Lipinski definition) is 2. The molecule has 1 unspecified atom stereocenters. The Balaban J connectivity index is 1.79. The number of thiophene rings is 1. The summed E-state index contributed by atoms with van der Waals surface area (Å²) in [5, 5.41) is 6.94. The van der Waals surface area contributed by atoms with Crippen LogP contribution in [0.25, 0.3) is 0 Å². The molecule has 1 fully saturated rings. The van der Waals surface area contributed by atoms with Crippen LogP contribution in [0.2, 0.25) is 0 Å². The van der Waals surface area contributed by atoms with Gasteiger partial charge in [-0.05, 0) is 45.2 Å². The molecule has 2 rings (SSSR count). The third-order valence-corrected chi connectivity index (χ3v) is 4.38. The summed E-state index contributed by atoms with van der Waals surface area (Å²) in [5.74, 6) is 0.945. The third-order valence-electron chi connectivity index (χ3n) is 3.36. The smallest absolute Gasteiger partial charge is 0.191 e. The van der Waals surface area contributed by atoms with Crippen molar-refractivity contribution < 1.29 is 0 Å². The number of hydrogen-bond acceptors (Lipinski definition) is 2. The monoisotopic (exact) mass is 265 g/mol. The van der Waals surface area contributed by atoms with Gasteiger partial charge in [0.25, 0.3) is 0 Å². The van der Waals surface area contributed by atoms with Gasteiger partial charge < -0.3 is 10.6 Å². The number of aliphatic imine (C=N–C) groups is 1. The number of nitrogens with zero attached hydrogens (tertiary/aromatic N) is 1. The fraction of sp³-hybridized carbons (Fsp3) is 0.643. The molecule has 4 heteroatoms. The van der Waals surface area contributed by atoms with E-state index in [1.165, 1.54) is 29.0 Å². The molecule has 3 nitrogen and oxygen atoms in total. The lowest BCUT2D eigenvalue weighted by Crippen LogP contribution is -2.49. The van der Waals surface area contributed by atoms with Crippen LogP contribution in [0.15, 0.2) is 17.1 Å². The molecule has 1 atom stereocenters. The summed E-state index contributed by atoms with van der Waals surface area (Å²) in [5.41, 5.74) is 0. The zero-order valence-corrected chi connectivity index (χ0v) is 12.3. The molecule has 2 N–H and O–H groups in total. The van der Waals surface area contributed by atoms with Crippen LogP contribution in [0.1, 0.15) is 35.9 Å². The highest BCUT2D eigenvalue weighted by molar-refractivity contribution is 7.11. The van der Waals surface area contributed by atoms with Crippen molar-refractivity contribution in [1.29, 1.82) is 0 Å². The maximum absolute atomic E-state index is 4.29. The van der Waals surface area contributed by atoms with Gasteiger partial charge in [0, 0.05) is 35.3 Å². The second kappa shape index (κ2) is 6.23. The van der Waals surface area contributed by atoms with Crippen LogP contribution in [-0.2, 0) is 6.42 Å². The van der Waals surface area contributed by atoms with Crippen molar-refractivity contribution in [3.63, 3.8) is 0 Å². The molecule has 1 aliphatic carbocycles. The van der Waals surface area contributed by atoms with Crippen molar-refractivity contribution in [2.24, 2.45) is 4.99 Å². The summed E-state index contributed by atoms with van der Waals surface area (Å²) < 4.78 is 0. The number of aryl methyl sites for hydroxylation is 1. The van der Waals surface area contributed by atoms with Gasteiger partial charge in [-0.2, -0.15) is 0 Å². The molecule has 0 amide bonds. The van der Waals surface area contributed by atoms with E-state index in [4.69, 9.17) is 0 Å². The van der Waals surface area contributed by atoms with Gasteiger partial charge in [-0.1, -0.05) is 0 Å². The van der Waals surface area contributed by atoms with E-state index in [9.17, 15) is 0 Å². The lowest BCUT2D eigenvalue weighted by molar-refractivity contribution is 0.378. The minimum Gasteiger partial charge on any atom is -0.354 e. The van der Waals surface area contributed by atoms with Gasteiger partial charge in [0.2, 0.25) is 0 Å².